The van der Waals surface area contributed by atoms with Gasteiger partial charge in [0, 0.05) is 23.1 Å². The van der Waals surface area contributed by atoms with Gasteiger partial charge in [-0.3, -0.25) is 4.79 Å². The first-order valence-electron chi connectivity index (χ1n) is 8.58. The molecule has 27 heavy (non-hydrogen) atoms. The van der Waals surface area contributed by atoms with Gasteiger partial charge in [-0.2, -0.15) is 0 Å². The summed E-state index contributed by atoms with van der Waals surface area (Å²) in [6.07, 6.45) is 7.19. The van der Waals surface area contributed by atoms with Crippen LogP contribution < -0.4 is 4.74 Å². The lowest BCUT2D eigenvalue weighted by Gasteiger charge is -2.35. The van der Waals surface area contributed by atoms with Gasteiger partial charge in [0.1, 0.15) is 0 Å². The summed E-state index contributed by atoms with van der Waals surface area (Å²) < 4.78 is 24.4. The smallest absolute Gasteiger partial charge is 0.247 e. The molecule has 1 aliphatic rings. The highest BCUT2D eigenvalue weighted by atomic mass is 32.1. The average molecular weight is 383 g/mol. The number of thiophene rings is 1. The third-order valence-electron chi connectivity index (χ3n) is 4.70. The van der Waals surface area contributed by atoms with Crippen molar-refractivity contribution in [3.05, 3.63) is 81.7 Å². The highest BCUT2D eigenvalue weighted by Crippen LogP contribution is 2.39. The predicted octanol–water partition coefficient (Wildman–Crippen LogP) is 4.68. The van der Waals surface area contributed by atoms with Crippen molar-refractivity contribution in [1.82, 2.24) is 4.90 Å². The number of furan rings is 1. The number of hydrogen-bond acceptors (Lipinski definition) is 4. The summed E-state index contributed by atoms with van der Waals surface area (Å²) in [4.78, 5) is 15.8. The molecule has 0 bridgehead atoms. The second-order valence-corrected chi connectivity index (χ2v) is 7.23. The maximum absolute atomic E-state index is 14.3. The lowest BCUT2D eigenvalue weighted by Crippen LogP contribution is -2.39. The number of amides is 1. The fraction of sp³-hybridized carbons (Fsp3) is 0.190. The standard InChI is InChI=1S/C21H18FNO3S/c1-25-18-4-3-16(12-17(18)22)20-21-15(8-11-27-21)6-9-23(20)19(24)5-2-14-7-10-26-13-14/h2-5,7-8,10-13,20H,6,9H2,1H3. The SMILES string of the molecule is COc1ccc(C2c3sccc3CCN2C(=O)C=Cc2ccoc2)cc1F. The van der Waals surface area contributed by atoms with E-state index in [1.165, 1.54) is 24.8 Å². The molecule has 0 aliphatic carbocycles. The zero-order chi connectivity index (χ0) is 18.8. The molecule has 0 saturated heterocycles. The van der Waals surface area contributed by atoms with Crippen LogP contribution >= 0.6 is 11.3 Å². The minimum atomic E-state index is -0.431. The van der Waals surface area contributed by atoms with E-state index >= 15 is 0 Å². The van der Waals surface area contributed by atoms with Crippen molar-refractivity contribution in [3.8, 4) is 5.75 Å². The largest absolute Gasteiger partial charge is 0.494 e. The number of hydrogen-bond donors (Lipinski definition) is 0. The number of benzene rings is 1. The van der Waals surface area contributed by atoms with Crippen molar-refractivity contribution in [1.29, 1.82) is 0 Å². The minimum Gasteiger partial charge on any atom is -0.494 e. The Morgan fingerprint density at radius 1 is 1.37 bits per heavy atom. The molecule has 1 unspecified atom stereocenters. The lowest BCUT2D eigenvalue weighted by atomic mass is 9.95. The molecule has 0 N–H and O–H groups in total. The van der Waals surface area contributed by atoms with Crippen molar-refractivity contribution >= 4 is 23.3 Å². The Kier molecular flexibility index (Phi) is 4.81. The van der Waals surface area contributed by atoms with E-state index in [1.807, 2.05) is 11.4 Å². The summed E-state index contributed by atoms with van der Waals surface area (Å²) in [6, 6.07) is 8.44. The molecule has 0 radical (unpaired) electrons. The zero-order valence-electron chi connectivity index (χ0n) is 14.7. The zero-order valence-corrected chi connectivity index (χ0v) is 15.5. The van der Waals surface area contributed by atoms with E-state index in [4.69, 9.17) is 9.15 Å². The number of halogens is 1. The van der Waals surface area contributed by atoms with Gasteiger partial charge < -0.3 is 14.1 Å². The molecule has 138 valence electrons. The molecule has 6 heteroatoms. The van der Waals surface area contributed by atoms with Crippen LogP contribution in [0, 0.1) is 5.82 Å². The van der Waals surface area contributed by atoms with Crippen LogP contribution in [0.25, 0.3) is 6.08 Å². The minimum absolute atomic E-state index is 0.114. The molecule has 4 nitrogen and oxygen atoms in total. The van der Waals surface area contributed by atoms with Gasteiger partial charge in [-0.1, -0.05) is 6.07 Å². The lowest BCUT2D eigenvalue weighted by molar-refractivity contribution is -0.127. The van der Waals surface area contributed by atoms with Gasteiger partial charge in [0.15, 0.2) is 11.6 Å². The number of carbonyl (C=O) groups is 1. The van der Waals surface area contributed by atoms with Gasteiger partial charge in [0.2, 0.25) is 5.91 Å². The van der Waals surface area contributed by atoms with Crippen LogP contribution in [0.15, 0.2) is 58.7 Å². The summed E-state index contributed by atoms with van der Waals surface area (Å²) in [6.45, 7) is 0.580. The van der Waals surface area contributed by atoms with Crippen LogP contribution in [-0.4, -0.2) is 24.5 Å². The summed E-state index contributed by atoms with van der Waals surface area (Å²) in [5, 5.41) is 2.02. The van der Waals surface area contributed by atoms with Crippen LogP contribution in [0.2, 0.25) is 0 Å². The summed E-state index contributed by atoms with van der Waals surface area (Å²) in [7, 11) is 1.44. The number of rotatable bonds is 4. The molecule has 3 aromatic rings. The van der Waals surface area contributed by atoms with Crippen LogP contribution in [0.4, 0.5) is 4.39 Å². The molecule has 3 heterocycles. The van der Waals surface area contributed by atoms with Crippen LogP contribution in [0.3, 0.4) is 0 Å². The highest BCUT2D eigenvalue weighted by Gasteiger charge is 2.32. The number of nitrogens with zero attached hydrogens (tertiary/aromatic N) is 1. The first-order chi connectivity index (χ1) is 13.2. The van der Waals surface area contributed by atoms with Gasteiger partial charge in [-0.05, 0) is 53.3 Å². The Balaban J connectivity index is 1.70. The summed E-state index contributed by atoms with van der Waals surface area (Å²) >= 11 is 1.59. The van der Waals surface area contributed by atoms with E-state index in [0.29, 0.717) is 6.54 Å². The molecule has 0 spiro atoms. The number of methoxy groups -OCH3 is 1. The third-order valence-corrected chi connectivity index (χ3v) is 5.71. The van der Waals surface area contributed by atoms with Crippen molar-refractivity contribution in [2.24, 2.45) is 0 Å². The second kappa shape index (κ2) is 7.40. The first-order valence-corrected chi connectivity index (χ1v) is 9.46. The van der Waals surface area contributed by atoms with Crippen molar-refractivity contribution in [2.75, 3.05) is 13.7 Å². The van der Waals surface area contributed by atoms with Crippen LogP contribution in [0.5, 0.6) is 5.75 Å². The van der Waals surface area contributed by atoms with E-state index in [0.717, 1.165) is 22.4 Å². The highest BCUT2D eigenvalue weighted by molar-refractivity contribution is 7.10. The van der Waals surface area contributed by atoms with Crippen molar-refractivity contribution in [3.63, 3.8) is 0 Å². The second-order valence-electron chi connectivity index (χ2n) is 6.28. The molecule has 1 aromatic carbocycles. The number of carbonyl (C=O) groups excluding carboxylic acids is 1. The molecule has 0 saturated carbocycles. The molecule has 2 aromatic heterocycles. The van der Waals surface area contributed by atoms with Gasteiger partial charge >= 0.3 is 0 Å². The monoisotopic (exact) mass is 383 g/mol. The molecule has 1 amide bonds. The van der Waals surface area contributed by atoms with E-state index in [2.05, 4.69) is 6.07 Å². The van der Waals surface area contributed by atoms with Crippen molar-refractivity contribution < 1.29 is 18.3 Å². The Bertz CT molecular complexity index is 977. The van der Waals surface area contributed by atoms with Gasteiger partial charge in [0.25, 0.3) is 0 Å². The molecule has 1 atom stereocenters. The molecule has 4 rings (SSSR count). The Hall–Kier alpha value is -2.86. The third kappa shape index (κ3) is 3.40. The van der Waals surface area contributed by atoms with Crippen molar-refractivity contribution in [2.45, 2.75) is 12.5 Å². The molecular formula is C21H18FNO3S. The maximum Gasteiger partial charge on any atom is 0.247 e. The first kappa shape index (κ1) is 17.5. The van der Waals surface area contributed by atoms with E-state index in [-0.39, 0.29) is 17.7 Å². The topological polar surface area (TPSA) is 42.7 Å². The fourth-order valence-electron chi connectivity index (χ4n) is 3.36. The molecular weight excluding hydrogens is 365 g/mol. The molecule has 0 fully saturated rings. The number of ether oxygens (including phenoxy) is 1. The average Bonchev–Trinajstić information content (AvgIpc) is 3.36. The van der Waals surface area contributed by atoms with E-state index < -0.39 is 5.82 Å². The van der Waals surface area contributed by atoms with Gasteiger partial charge in [0.05, 0.1) is 25.7 Å². The van der Waals surface area contributed by atoms with E-state index in [9.17, 15) is 9.18 Å². The van der Waals surface area contributed by atoms with Gasteiger partial charge in [-0.15, -0.1) is 11.3 Å². The van der Waals surface area contributed by atoms with E-state index in [1.54, 1.807) is 47.0 Å². The normalized spacial score (nSPS) is 16.5. The van der Waals surface area contributed by atoms with Crippen LogP contribution in [-0.2, 0) is 11.2 Å². The fourth-order valence-corrected chi connectivity index (χ4v) is 4.45. The Morgan fingerprint density at radius 2 is 2.26 bits per heavy atom. The maximum atomic E-state index is 14.3. The summed E-state index contributed by atoms with van der Waals surface area (Å²) in [5.41, 5.74) is 2.77. The Labute approximate surface area is 160 Å². The summed E-state index contributed by atoms with van der Waals surface area (Å²) in [5.74, 6) is -0.352. The Morgan fingerprint density at radius 3 is 3.00 bits per heavy atom. The quantitative estimate of drug-likeness (QED) is 0.615. The van der Waals surface area contributed by atoms with Gasteiger partial charge in [-0.25, -0.2) is 4.39 Å². The predicted molar refractivity (Wildman–Crippen MR) is 102 cm³/mol. The molecule has 1 aliphatic heterocycles. The number of fused-ring (bicyclic) bond motifs is 1. The van der Waals surface area contributed by atoms with Crippen LogP contribution in [0.1, 0.15) is 27.6 Å².